The lowest BCUT2D eigenvalue weighted by Gasteiger charge is -2.15. The van der Waals surface area contributed by atoms with Crippen LogP contribution in [0.2, 0.25) is 0 Å². The number of aliphatic hydroxyl groups is 1. The summed E-state index contributed by atoms with van der Waals surface area (Å²) in [5.41, 5.74) is 0. The molecule has 0 rings (SSSR count). The van der Waals surface area contributed by atoms with Gasteiger partial charge >= 0.3 is 11.9 Å². The molecule has 60 heavy (non-hydrogen) atoms. The summed E-state index contributed by atoms with van der Waals surface area (Å²) in [5.74, 6) is -0.622. The minimum atomic E-state index is -0.785. The van der Waals surface area contributed by atoms with Crippen LogP contribution in [0.5, 0.6) is 0 Å². The third-order valence-electron chi connectivity index (χ3n) is 11.0. The SMILES string of the molecule is CC/C=C\C/C=C\C/C=C\CCCCCC(=O)OCC(CO)OC(=O)CCCCCCCCCCCCCCCCCCCC/C=C\C/C=C\C/C=C\CCCCCCC. The maximum atomic E-state index is 12.2. The van der Waals surface area contributed by atoms with Crippen molar-refractivity contribution in [2.45, 2.75) is 251 Å². The van der Waals surface area contributed by atoms with E-state index in [1.807, 2.05) is 0 Å². The van der Waals surface area contributed by atoms with E-state index >= 15 is 0 Å². The highest BCUT2D eigenvalue weighted by Crippen LogP contribution is 2.16. The van der Waals surface area contributed by atoms with Gasteiger partial charge in [-0.25, -0.2) is 0 Å². The number of ether oxygens (including phenoxy) is 2. The van der Waals surface area contributed by atoms with E-state index in [4.69, 9.17) is 9.47 Å². The van der Waals surface area contributed by atoms with Crippen molar-refractivity contribution in [2.75, 3.05) is 13.2 Å². The molecular formula is C55H96O5. The Labute approximate surface area is 372 Å². The maximum absolute atomic E-state index is 12.2. The van der Waals surface area contributed by atoms with Crippen LogP contribution in [0, 0.1) is 0 Å². The smallest absolute Gasteiger partial charge is 0.306 e. The van der Waals surface area contributed by atoms with Gasteiger partial charge in [0.25, 0.3) is 0 Å². The fourth-order valence-corrected chi connectivity index (χ4v) is 7.17. The Morgan fingerprint density at radius 3 is 1.10 bits per heavy atom. The highest BCUT2D eigenvalue weighted by atomic mass is 16.6. The summed E-state index contributed by atoms with van der Waals surface area (Å²) in [5, 5.41) is 9.59. The number of hydrogen-bond acceptors (Lipinski definition) is 5. The first-order valence-electron chi connectivity index (χ1n) is 25.5. The number of allylic oxidation sites excluding steroid dienone is 12. The van der Waals surface area contributed by atoms with Gasteiger partial charge in [0, 0.05) is 12.8 Å². The Morgan fingerprint density at radius 1 is 0.400 bits per heavy atom. The van der Waals surface area contributed by atoms with Crippen molar-refractivity contribution in [3.8, 4) is 0 Å². The van der Waals surface area contributed by atoms with E-state index in [2.05, 4.69) is 86.8 Å². The molecule has 0 aliphatic heterocycles. The van der Waals surface area contributed by atoms with Crippen LogP contribution in [0.15, 0.2) is 72.9 Å². The maximum Gasteiger partial charge on any atom is 0.306 e. The quantitative estimate of drug-likeness (QED) is 0.0376. The van der Waals surface area contributed by atoms with Crippen LogP contribution in [0.3, 0.4) is 0 Å². The van der Waals surface area contributed by atoms with Crippen molar-refractivity contribution in [3.63, 3.8) is 0 Å². The number of rotatable bonds is 46. The first-order valence-corrected chi connectivity index (χ1v) is 25.5. The largest absolute Gasteiger partial charge is 0.462 e. The molecule has 1 N–H and O–H groups in total. The third kappa shape index (κ3) is 48.0. The second kappa shape index (κ2) is 50.7. The molecule has 0 aliphatic rings. The van der Waals surface area contributed by atoms with E-state index in [0.29, 0.717) is 12.8 Å². The number of aliphatic hydroxyl groups excluding tert-OH is 1. The molecule has 1 unspecified atom stereocenters. The monoisotopic (exact) mass is 837 g/mol. The zero-order valence-electron chi connectivity index (χ0n) is 39.5. The van der Waals surface area contributed by atoms with Crippen molar-refractivity contribution >= 4 is 11.9 Å². The first kappa shape index (κ1) is 57.3. The summed E-state index contributed by atoms with van der Waals surface area (Å²) in [4.78, 5) is 24.3. The Balaban J connectivity index is 3.46. The predicted molar refractivity (Wildman–Crippen MR) is 260 cm³/mol. The summed E-state index contributed by atoms with van der Waals surface area (Å²) in [6, 6.07) is 0. The molecule has 5 heteroatoms. The third-order valence-corrected chi connectivity index (χ3v) is 11.0. The zero-order valence-corrected chi connectivity index (χ0v) is 39.5. The Hall–Kier alpha value is -2.66. The zero-order chi connectivity index (χ0) is 43.5. The van der Waals surface area contributed by atoms with Crippen molar-refractivity contribution < 1.29 is 24.2 Å². The van der Waals surface area contributed by atoms with Gasteiger partial charge in [-0.2, -0.15) is 0 Å². The lowest BCUT2D eigenvalue weighted by molar-refractivity contribution is -0.161. The fourth-order valence-electron chi connectivity index (χ4n) is 7.17. The summed E-state index contributed by atoms with van der Waals surface area (Å²) < 4.78 is 10.6. The van der Waals surface area contributed by atoms with E-state index in [0.717, 1.165) is 77.0 Å². The Morgan fingerprint density at radius 2 is 0.717 bits per heavy atom. The number of hydrogen-bond donors (Lipinski definition) is 1. The van der Waals surface area contributed by atoms with Crippen LogP contribution in [0.25, 0.3) is 0 Å². The van der Waals surface area contributed by atoms with Crippen LogP contribution in [-0.2, 0) is 19.1 Å². The number of unbranched alkanes of at least 4 members (excludes halogenated alkanes) is 26. The summed E-state index contributed by atoms with van der Waals surface area (Å²) >= 11 is 0. The molecule has 0 aliphatic carbocycles. The second-order valence-corrected chi connectivity index (χ2v) is 16.9. The number of carbonyl (C=O) groups is 2. The summed E-state index contributed by atoms with van der Waals surface area (Å²) in [6.45, 7) is 3.99. The van der Waals surface area contributed by atoms with Gasteiger partial charge in [-0.3, -0.25) is 9.59 Å². The summed E-state index contributed by atoms with van der Waals surface area (Å²) in [7, 11) is 0. The van der Waals surface area contributed by atoms with Gasteiger partial charge in [0.2, 0.25) is 0 Å². The van der Waals surface area contributed by atoms with Crippen LogP contribution < -0.4 is 0 Å². The van der Waals surface area contributed by atoms with Gasteiger partial charge in [0.15, 0.2) is 6.10 Å². The molecule has 0 aromatic heterocycles. The van der Waals surface area contributed by atoms with Crippen LogP contribution >= 0.6 is 0 Å². The Bertz CT molecular complexity index is 1080. The first-order chi connectivity index (χ1) is 29.6. The normalized spacial score (nSPS) is 12.8. The van der Waals surface area contributed by atoms with Gasteiger partial charge in [0.05, 0.1) is 6.61 Å². The van der Waals surface area contributed by atoms with Gasteiger partial charge in [0.1, 0.15) is 6.61 Å². The van der Waals surface area contributed by atoms with E-state index in [9.17, 15) is 14.7 Å². The number of carbonyl (C=O) groups excluding carboxylic acids is 2. The van der Waals surface area contributed by atoms with Crippen molar-refractivity contribution in [3.05, 3.63) is 72.9 Å². The minimum Gasteiger partial charge on any atom is -0.462 e. The van der Waals surface area contributed by atoms with Gasteiger partial charge in [-0.1, -0.05) is 222 Å². The highest BCUT2D eigenvalue weighted by molar-refractivity contribution is 5.70. The van der Waals surface area contributed by atoms with Crippen LogP contribution in [0.1, 0.15) is 245 Å². The van der Waals surface area contributed by atoms with Gasteiger partial charge in [-0.05, 0) is 83.5 Å². The molecule has 0 spiro atoms. The molecule has 1 atom stereocenters. The number of esters is 2. The van der Waals surface area contributed by atoms with Crippen molar-refractivity contribution in [1.82, 2.24) is 0 Å². The lowest BCUT2D eigenvalue weighted by atomic mass is 10.0. The standard InChI is InChI=1S/C55H96O5/c1-3-5-7-9-11-13-15-17-18-19-20-21-22-23-24-25-26-27-28-29-30-31-32-33-34-35-36-38-40-42-44-46-48-50-55(58)60-53(51-56)52-59-54(57)49-47-45-43-41-39-37-16-14-12-10-8-6-4-2/h6,8,12,14-15,17,19-20,22-23,37,39,53,56H,3-5,7,9-11,13,16,18,21,24-36,38,40-52H2,1-2H3/b8-6-,14-12-,17-15-,20-19-,23-22-,39-37-. The fraction of sp³-hybridized carbons (Fsp3) is 0.745. The molecular weight excluding hydrogens is 741 g/mol. The average Bonchev–Trinajstić information content (AvgIpc) is 3.25. The average molecular weight is 837 g/mol. The molecule has 0 saturated heterocycles. The predicted octanol–water partition coefficient (Wildman–Crippen LogP) is 16.9. The molecule has 0 aromatic rings. The van der Waals surface area contributed by atoms with E-state index < -0.39 is 6.10 Å². The van der Waals surface area contributed by atoms with E-state index in [1.165, 1.54) is 141 Å². The highest BCUT2D eigenvalue weighted by Gasteiger charge is 2.16. The molecule has 0 aromatic carbocycles. The molecule has 0 fully saturated rings. The van der Waals surface area contributed by atoms with E-state index in [1.54, 1.807) is 0 Å². The molecule has 0 saturated carbocycles. The summed E-state index contributed by atoms with van der Waals surface area (Å²) in [6.07, 6.45) is 68.7. The lowest BCUT2D eigenvalue weighted by Crippen LogP contribution is -2.28. The second-order valence-electron chi connectivity index (χ2n) is 16.9. The van der Waals surface area contributed by atoms with Gasteiger partial charge < -0.3 is 14.6 Å². The topological polar surface area (TPSA) is 72.8 Å². The molecule has 5 nitrogen and oxygen atoms in total. The minimum absolute atomic E-state index is 0.0819. The van der Waals surface area contributed by atoms with Crippen LogP contribution in [-0.4, -0.2) is 36.4 Å². The van der Waals surface area contributed by atoms with Crippen molar-refractivity contribution in [2.24, 2.45) is 0 Å². The van der Waals surface area contributed by atoms with Crippen molar-refractivity contribution in [1.29, 1.82) is 0 Å². The molecule has 346 valence electrons. The van der Waals surface area contributed by atoms with Gasteiger partial charge in [-0.15, -0.1) is 0 Å². The molecule has 0 radical (unpaired) electrons. The molecule has 0 heterocycles. The van der Waals surface area contributed by atoms with E-state index in [-0.39, 0.29) is 25.2 Å². The molecule has 0 amide bonds. The Kier molecular flexibility index (Phi) is 48.4. The van der Waals surface area contributed by atoms with Crippen LogP contribution in [0.4, 0.5) is 0 Å². The molecule has 0 bridgehead atoms.